The Kier molecular flexibility index (Phi) is 7.26. The van der Waals surface area contributed by atoms with E-state index in [0.717, 1.165) is 31.7 Å². The highest BCUT2D eigenvalue weighted by atomic mass is 16.1. The van der Waals surface area contributed by atoms with Crippen LogP contribution in [0.5, 0.6) is 0 Å². The van der Waals surface area contributed by atoms with Crippen LogP contribution in [0.2, 0.25) is 0 Å². The van der Waals surface area contributed by atoms with E-state index in [0.29, 0.717) is 6.42 Å². The summed E-state index contributed by atoms with van der Waals surface area (Å²) in [7, 11) is 0. The molecule has 0 aliphatic carbocycles. The first-order valence-corrected chi connectivity index (χ1v) is 7.45. The van der Waals surface area contributed by atoms with Gasteiger partial charge in [0.2, 0.25) is 5.91 Å². The number of anilines is 1. The first-order valence-electron chi connectivity index (χ1n) is 7.45. The van der Waals surface area contributed by atoms with Crippen molar-refractivity contribution >= 4 is 11.6 Å². The van der Waals surface area contributed by atoms with Gasteiger partial charge in [-0.1, -0.05) is 32.9 Å². The molecule has 1 aromatic rings. The number of rotatable bonds is 8. The van der Waals surface area contributed by atoms with Crippen molar-refractivity contribution in [3.05, 3.63) is 29.8 Å². The number of hydrogen-bond acceptors (Lipinski definition) is 3. The zero-order valence-corrected chi connectivity index (χ0v) is 12.9. The van der Waals surface area contributed by atoms with Gasteiger partial charge in [-0.15, -0.1) is 0 Å². The van der Waals surface area contributed by atoms with Crippen LogP contribution in [0.25, 0.3) is 0 Å². The minimum atomic E-state index is -0.0612. The standard InChI is InChI=1S/C16H27N3O/c1-4-14(17)11-16(20)18-15-9-7-8-13(10-15)12-19(5-2)6-3/h7-10,14H,4-6,11-12,17H2,1-3H3,(H,18,20). The van der Waals surface area contributed by atoms with E-state index in [-0.39, 0.29) is 11.9 Å². The molecule has 4 nitrogen and oxygen atoms in total. The summed E-state index contributed by atoms with van der Waals surface area (Å²) < 4.78 is 0. The minimum absolute atomic E-state index is 0.0145. The van der Waals surface area contributed by atoms with Crippen molar-refractivity contribution < 1.29 is 4.79 Å². The Balaban J connectivity index is 2.61. The number of hydrogen-bond donors (Lipinski definition) is 2. The third-order valence-electron chi connectivity index (χ3n) is 3.48. The van der Waals surface area contributed by atoms with Crippen molar-refractivity contribution in [3.63, 3.8) is 0 Å². The van der Waals surface area contributed by atoms with Crippen LogP contribution >= 0.6 is 0 Å². The Hall–Kier alpha value is -1.39. The SMILES string of the molecule is CCC(N)CC(=O)Nc1cccc(CN(CC)CC)c1. The lowest BCUT2D eigenvalue weighted by atomic mass is 10.1. The van der Waals surface area contributed by atoms with Crippen molar-refractivity contribution in [2.75, 3.05) is 18.4 Å². The van der Waals surface area contributed by atoms with E-state index in [1.54, 1.807) is 0 Å². The van der Waals surface area contributed by atoms with Crippen LogP contribution in [0.3, 0.4) is 0 Å². The molecule has 1 amide bonds. The Bertz CT molecular complexity index is 416. The Morgan fingerprint density at radius 3 is 2.60 bits per heavy atom. The molecule has 0 fully saturated rings. The summed E-state index contributed by atoms with van der Waals surface area (Å²) in [5.74, 6) is -0.0145. The molecular formula is C16H27N3O. The normalized spacial score (nSPS) is 12.4. The molecule has 3 N–H and O–H groups in total. The second-order valence-corrected chi connectivity index (χ2v) is 5.08. The van der Waals surface area contributed by atoms with Gasteiger partial charge in [0.1, 0.15) is 0 Å². The second-order valence-electron chi connectivity index (χ2n) is 5.08. The average Bonchev–Trinajstić information content (AvgIpc) is 2.44. The molecule has 0 heterocycles. The molecule has 1 atom stereocenters. The molecule has 1 unspecified atom stereocenters. The molecule has 0 radical (unpaired) electrons. The first kappa shape index (κ1) is 16.7. The summed E-state index contributed by atoms with van der Waals surface area (Å²) in [5, 5.41) is 2.92. The van der Waals surface area contributed by atoms with Crippen LogP contribution in [0.15, 0.2) is 24.3 Å². The van der Waals surface area contributed by atoms with Crippen LogP contribution in [-0.4, -0.2) is 29.9 Å². The van der Waals surface area contributed by atoms with Crippen LogP contribution in [0.4, 0.5) is 5.69 Å². The zero-order valence-electron chi connectivity index (χ0n) is 12.9. The lowest BCUT2D eigenvalue weighted by Gasteiger charge is -2.18. The van der Waals surface area contributed by atoms with Gasteiger partial charge < -0.3 is 11.1 Å². The molecule has 4 heteroatoms. The molecule has 0 aliphatic rings. The molecule has 0 aromatic heterocycles. The van der Waals surface area contributed by atoms with Gasteiger partial charge >= 0.3 is 0 Å². The second kappa shape index (κ2) is 8.72. The predicted molar refractivity (Wildman–Crippen MR) is 84.6 cm³/mol. The number of carbonyl (C=O) groups is 1. The van der Waals surface area contributed by atoms with Gasteiger partial charge in [-0.3, -0.25) is 9.69 Å². The fraction of sp³-hybridized carbons (Fsp3) is 0.562. The van der Waals surface area contributed by atoms with Crippen molar-refractivity contribution in [3.8, 4) is 0 Å². The van der Waals surface area contributed by atoms with E-state index in [1.165, 1.54) is 5.56 Å². The summed E-state index contributed by atoms with van der Waals surface area (Å²) in [4.78, 5) is 14.2. The van der Waals surface area contributed by atoms with E-state index in [1.807, 2.05) is 25.1 Å². The van der Waals surface area contributed by atoms with E-state index < -0.39 is 0 Å². The summed E-state index contributed by atoms with van der Waals surface area (Å²) >= 11 is 0. The number of nitrogens with two attached hydrogens (primary N) is 1. The van der Waals surface area contributed by atoms with E-state index in [9.17, 15) is 4.79 Å². The highest BCUT2D eigenvalue weighted by Crippen LogP contribution is 2.13. The van der Waals surface area contributed by atoms with E-state index in [4.69, 9.17) is 5.73 Å². The fourth-order valence-electron chi connectivity index (χ4n) is 2.05. The summed E-state index contributed by atoms with van der Waals surface area (Å²) in [6.45, 7) is 9.26. The van der Waals surface area contributed by atoms with Crippen LogP contribution < -0.4 is 11.1 Å². The van der Waals surface area contributed by atoms with Crippen LogP contribution in [0, 0.1) is 0 Å². The summed E-state index contributed by atoms with van der Waals surface area (Å²) in [6.07, 6.45) is 1.19. The zero-order chi connectivity index (χ0) is 15.0. The maximum atomic E-state index is 11.8. The summed E-state index contributed by atoms with van der Waals surface area (Å²) in [6, 6.07) is 7.96. The molecule has 112 valence electrons. The highest BCUT2D eigenvalue weighted by Gasteiger charge is 2.08. The van der Waals surface area contributed by atoms with Crippen molar-refractivity contribution in [2.45, 2.75) is 46.2 Å². The van der Waals surface area contributed by atoms with E-state index >= 15 is 0 Å². The molecule has 0 bridgehead atoms. The van der Waals surface area contributed by atoms with Gasteiger partial charge in [-0.05, 0) is 37.2 Å². The van der Waals surface area contributed by atoms with Gasteiger partial charge in [-0.25, -0.2) is 0 Å². The number of nitrogens with one attached hydrogen (secondary N) is 1. The Morgan fingerprint density at radius 2 is 2.00 bits per heavy atom. The molecule has 0 spiro atoms. The van der Waals surface area contributed by atoms with Crippen molar-refractivity contribution in [2.24, 2.45) is 5.73 Å². The predicted octanol–water partition coefficient (Wildman–Crippen LogP) is 2.59. The Morgan fingerprint density at radius 1 is 1.30 bits per heavy atom. The molecular weight excluding hydrogens is 250 g/mol. The van der Waals surface area contributed by atoms with Gasteiger partial charge in [0, 0.05) is 24.7 Å². The molecule has 0 saturated carbocycles. The van der Waals surface area contributed by atoms with E-state index in [2.05, 4.69) is 30.1 Å². The van der Waals surface area contributed by atoms with Gasteiger partial charge in [0.05, 0.1) is 0 Å². The third-order valence-corrected chi connectivity index (χ3v) is 3.48. The monoisotopic (exact) mass is 277 g/mol. The molecule has 0 saturated heterocycles. The third kappa shape index (κ3) is 5.72. The topological polar surface area (TPSA) is 58.4 Å². The minimum Gasteiger partial charge on any atom is -0.327 e. The first-order chi connectivity index (χ1) is 9.58. The lowest BCUT2D eigenvalue weighted by Crippen LogP contribution is -2.26. The Labute approximate surface area is 122 Å². The lowest BCUT2D eigenvalue weighted by molar-refractivity contribution is -0.116. The van der Waals surface area contributed by atoms with Crippen LogP contribution in [0.1, 0.15) is 39.2 Å². The molecule has 0 aliphatic heterocycles. The summed E-state index contributed by atoms with van der Waals surface area (Å²) in [5.41, 5.74) is 7.86. The smallest absolute Gasteiger partial charge is 0.225 e. The number of amides is 1. The number of benzene rings is 1. The average molecular weight is 277 g/mol. The van der Waals surface area contributed by atoms with Gasteiger partial charge in [0.15, 0.2) is 0 Å². The number of carbonyl (C=O) groups excluding carboxylic acids is 1. The van der Waals surface area contributed by atoms with Gasteiger partial charge in [-0.2, -0.15) is 0 Å². The highest BCUT2D eigenvalue weighted by molar-refractivity contribution is 5.91. The maximum Gasteiger partial charge on any atom is 0.225 e. The maximum absolute atomic E-state index is 11.8. The van der Waals surface area contributed by atoms with Crippen molar-refractivity contribution in [1.82, 2.24) is 4.90 Å². The van der Waals surface area contributed by atoms with Crippen LogP contribution in [-0.2, 0) is 11.3 Å². The number of nitrogens with zero attached hydrogens (tertiary/aromatic N) is 1. The quantitative estimate of drug-likeness (QED) is 0.768. The largest absolute Gasteiger partial charge is 0.327 e. The van der Waals surface area contributed by atoms with Gasteiger partial charge in [0.25, 0.3) is 0 Å². The van der Waals surface area contributed by atoms with Crippen molar-refractivity contribution in [1.29, 1.82) is 0 Å². The molecule has 1 aromatic carbocycles. The fourth-order valence-corrected chi connectivity index (χ4v) is 2.05. The molecule has 1 rings (SSSR count). The molecule has 20 heavy (non-hydrogen) atoms.